The van der Waals surface area contributed by atoms with Crippen LogP contribution in [0.3, 0.4) is 0 Å². The van der Waals surface area contributed by atoms with Gasteiger partial charge in [0.15, 0.2) is 0 Å². The number of nitrogens with one attached hydrogen (secondary N) is 1. The average molecular weight is 331 g/mol. The van der Waals surface area contributed by atoms with Crippen LogP contribution in [-0.4, -0.2) is 26.7 Å². The molecule has 0 saturated carbocycles. The van der Waals surface area contributed by atoms with Crippen molar-refractivity contribution in [2.45, 2.75) is 19.3 Å². The molecule has 0 aromatic heterocycles. The number of ether oxygens (including phenoxy) is 2. The molecule has 0 spiro atoms. The van der Waals surface area contributed by atoms with E-state index in [4.69, 9.17) is 9.47 Å². The molecule has 1 amide bonds. The molecule has 0 aliphatic rings. The van der Waals surface area contributed by atoms with Crippen molar-refractivity contribution in [3.05, 3.63) is 59.4 Å². The monoisotopic (exact) mass is 331 g/mol. The van der Waals surface area contributed by atoms with Gasteiger partial charge in [0, 0.05) is 12.0 Å². The smallest absolute Gasteiger partial charge is 0.258 e. The van der Waals surface area contributed by atoms with E-state index in [0.717, 1.165) is 0 Å². The lowest BCUT2D eigenvalue weighted by atomic mass is 9.84. The molecule has 0 fully saturated rings. The molecule has 4 nitrogen and oxygen atoms in total. The third kappa shape index (κ3) is 3.67. The summed E-state index contributed by atoms with van der Waals surface area (Å²) in [7, 11) is 2.99. The van der Waals surface area contributed by atoms with Crippen molar-refractivity contribution in [2.24, 2.45) is 0 Å². The van der Waals surface area contributed by atoms with E-state index in [1.807, 2.05) is 13.8 Å². The number of rotatable bonds is 6. The van der Waals surface area contributed by atoms with Crippen molar-refractivity contribution in [2.75, 3.05) is 20.8 Å². The first kappa shape index (κ1) is 17.8. The molecule has 128 valence electrons. The number of methoxy groups -OCH3 is 2. The molecule has 0 radical (unpaired) electrons. The summed E-state index contributed by atoms with van der Waals surface area (Å²) in [6.45, 7) is 4.03. The zero-order valence-electron chi connectivity index (χ0n) is 14.4. The van der Waals surface area contributed by atoms with Crippen LogP contribution < -0.4 is 14.8 Å². The summed E-state index contributed by atoms with van der Waals surface area (Å²) in [6, 6.07) is 11.7. The molecule has 0 unspecified atom stereocenters. The first-order valence-corrected chi connectivity index (χ1v) is 7.65. The predicted molar refractivity (Wildman–Crippen MR) is 91.3 cm³/mol. The van der Waals surface area contributed by atoms with Crippen molar-refractivity contribution in [1.82, 2.24) is 5.32 Å². The molecular weight excluding hydrogens is 309 g/mol. The largest absolute Gasteiger partial charge is 0.496 e. The Morgan fingerprint density at radius 2 is 1.62 bits per heavy atom. The van der Waals surface area contributed by atoms with Crippen LogP contribution in [0.15, 0.2) is 42.5 Å². The maximum Gasteiger partial charge on any atom is 0.258 e. The Morgan fingerprint density at radius 3 is 2.17 bits per heavy atom. The number of hydrogen-bond donors (Lipinski definition) is 1. The maximum atomic E-state index is 14.0. The Labute approximate surface area is 141 Å². The molecule has 5 heteroatoms. The van der Waals surface area contributed by atoms with E-state index in [1.54, 1.807) is 36.4 Å². The highest BCUT2D eigenvalue weighted by molar-refractivity contribution is 5.99. The second-order valence-corrected chi connectivity index (χ2v) is 6.08. The van der Waals surface area contributed by atoms with Crippen LogP contribution in [0.25, 0.3) is 0 Å². The van der Waals surface area contributed by atoms with Gasteiger partial charge in [-0.05, 0) is 23.8 Å². The van der Waals surface area contributed by atoms with Crippen molar-refractivity contribution >= 4 is 5.91 Å². The van der Waals surface area contributed by atoms with Crippen LogP contribution in [0, 0.1) is 5.82 Å². The molecule has 0 aliphatic carbocycles. The van der Waals surface area contributed by atoms with Gasteiger partial charge >= 0.3 is 0 Å². The number of hydrogen-bond acceptors (Lipinski definition) is 3. The fourth-order valence-corrected chi connectivity index (χ4v) is 2.57. The lowest BCUT2D eigenvalue weighted by Gasteiger charge is -2.26. The van der Waals surface area contributed by atoms with Gasteiger partial charge in [0.2, 0.25) is 0 Å². The molecule has 0 atom stereocenters. The molecule has 24 heavy (non-hydrogen) atoms. The highest BCUT2D eigenvalue weighted by Gasteiger charge is 2.26. The van der Waals surface area contributed by atoms with Crippen LogP contribution >= 0.6 is 0 Å². The molecule has 0 bridgehead atoms. The number of amides is 1. The SMILES string of the molecule is COc1cccc(OC)c1C(=O)NCC(C)(C)c1ccccc1F. The molecule has 0 heterocycles. The normalized spacial score (nSPS) is 11.0. The zero-order valence-corrected chi connectivity index (χ0v) is 14.4. The second-order valence-electron chi connectivity index (χ2n) is 6.08. The van der Waals surface area contributed by atoms with E-state index in [9.17, 15) is 9.18 Å². The summed E-state index contributed by atoms with van der Waals surface area (Å²) >= 11 is 0. The first-order chi connectivity index (χ1) is 11.4. The van der Waals surface area contributed by atoms with E-state index < -0.39 is 5.41 Å². The van der Waals surface area contributed by atoms with Gasteiger partial charge in [-0.25, -0.2) is 4.39 Å². The van der Waals surface area contributed by atoms with Crippen molar-refractivity contribution in [1.29, 1.82) is 0 Å². The number of halogens is 1. The quantitative estimate of drug-likeness (QED) is 0.880. The van der Waals surface area contributed by atoms with Gasteiger partial charge in [-0.15, -0.1) is 0 Å². The fourth-order valence-electron chi connectivity index (χ4n) is 2.57. The number of benzene rings is 2. The van der Waals surface area contributed by atoms with Gasteiger partial charge in [-0.3, -0.25) is 4.79 Å². The Morgan fingerprint density at radius 1 is 1.04 bits per heavy atom. The van der Waals surface area contributed by atoms with Gasteiger partial charge < -0.3 is 14.8 Å². The fraction of sp³-hybridized carbons (Fsp3) is 0.316. The van der Waals surface area contributed by atoms with E-state index >= 15 is 0 Å². The molecule has 1 N–H and O–H groups in total. The van der Waals surface area contributed by atoms with Gasteiger partial charge in [-0.2, -0.15) is 0 Å². The van der Waals surface area contributed by atoms with Crippen molar-refractivity contribution < 1.29 is 18.7 Å². The van der Waals surface area contributed by atoms with Crippen LogP contribution in [0.4, 0.5) is 4.39 Å². The van der Waals surface area contributed by atoms with Crippen LogP contribution in [-0.2, 0) is 5.41 Å². The highest BCUT2D eigenvalue weighted by atomic mass is 19.1. The Bertz CT molecular complexity index is 706. The minimum Gasteiger partial charge on any atom is -0.496 e. The average Bonchev–Trinajstić information content (AvgIpc) is 2.59. The van der Waals surface area contributed by atoms with Crippen molar-refractivity contribution in [3.8, 4) is 11.5 Å². The molecule has 0 saturated heterocycles. The standard InChI is InChI=1S/C19H22FNO3/c1-19(2,13-8-5-6-9-14(13)20)12-21-18(22)17-15(23-3)10-7-11-16(17)24-4/h5-11H,12H2,1-4H3,(H,21,22). The highest BCUT2D eigenvalue weighted by Crippen LogP contribution is 2.29. The first-order valence-electron chi connectivity index (χ1n) is 7.65. The van der Waals surface area contributed by atoms with Gasteiger partial charge in [-0.1, -0.05) is 38.1 Å². The van der Waals surface area contributed by atoms with Gasteiger partial charge in [0.1, 0.15) is 22.9 Å². The molecule has 2 aromatic rings. The molecule has 2 rings (SSSR count). The minimum atomic E-state index is -0.559. The topological polar surface area (TPSA) is 47.6 Å². The summed E-state index contributed by atoms with van der Waals surface area (Å²) in [5.41, 5.74) is 0.320. The minimum absolute atomic E-state index is 0.272. The lowest BCUT2D eigenvalue weighted by molar-refractivity contribution is 0.0939. The van der Waals surface area contributed by atoms with E-state index in [-0.39, 0.29) is 18.3 Å². The summed E-state index contributed by atoms with van der Waals surface area (Å²) in [6.07, 6.45) is 0. The van der Waals surface area contributed by atoms with Crippen LogP contribution in [0.5, 0.6) is 11.5 Å². The Balaban J connectivity index is 2.21. The summed E-state index contributed by atoms with van der Waals surface area (Å²) in [5.74, 6) is 0.242. The molecular formula is C19H22FNO3. The Kier molecular flexibility index (Phi) is 5.44. The molecule has 0 aliphatic heterocycles. The number of carbonyl (C=O) groups excluding carboxylic acids is 1. The zero-order chi connectivity index (χ0) is 17.7. The van der Waals surface area contributed by atoms with Crippen molar-refractivity contribution in [3.63, 3.8) is 0 Å². The van der Waals surface area contributed by atoms with Crippen LogP contribution in [0.1, 0.15) is 29.8 Å². The summed E-state index contributed by atoms with van der Waals surface area (Å²) in [5, 5.41) is 2.85. The number of carbonyl (C=O) groups is 1. The van der Waals surface area contributed by atoms with Gasteiger partial charge in [0.25, 0.3) is 5.91 Å². The third-order valence-electron chi connectivity index (χ3n) is 3.95. The third-order valence-corrected chi connectivity index (χ3v) is 3.95. The second kappa shape index (κ2) is 7.34. The van der Waals surface area contributed by atoms with E-state index in [0.29, 0.717) is 22.6 Å². The van der Waals surface area contributed by atoms with Crippen LogP contribution in [0.2, 0.25) is 0 Å². The maximum absolute atomic E-state index is 14.0. The van der Waals surface area contributed by atoms with Gasteiger partial charge in [0.05, 0.1) is 14.2 Å². The van der Waals surface area contributed by atoms with E-state index in [2.05, 4.69) is 5.32 Å². The molecule has 2 aromatic carbocycles. The van der Waals surface area contributed by atoms with E-state index in [1.165, 1.54) is 20.3 Å². The Hall–Kier alpha value is -2.56. The lowest BCUT2D eigenvalue weighted by Crippen LogP contribution is -2.37. The summed E-state index contributed by atoms with van der Waals surface area (Å²) < 4.78 is 24.5. The predicted octanol–water partition coefficient (Wildman–Crippen LogP) is 3.55. The summed E-state index contributed by atoms with van der Waals surface area (Å²) in [4.78, 5) is 12.6.